The van der Waals surface area contributed by atoms with Gasteiger partial charge in [0.2, 0.25) is 0 Å². The Morgan fingerprint density at radius 3 is 2.52 bits per heavy atom. The van der Waals surface area contributed by atoms with Gasteiger partial charge in [0.25, 0.3) is 5.78 Å². The van der Waals surface area contributed by atoms with E-state index in [1.165, 1.54) is 11.8 Å². The quantitative estimate of drug-likeness (QED) is 0.329. The van der Waals surface area contributed by atoms with E-state index < -0.39 is 17.7 Å². The summed E-state index contributed by atoms with van der Waals surface area (Å²) in [5.74, 6) is -2.81. The molecule has 0 fully saturated rings. The predicted octanol–water partition coefficient (Wildman–Crippen LogP) is 3.58. The van der Waals surface area contributed by atoms with Crippen molar-refractivity contribution in [1.82, 2.24) is 4.98 Å². The van der Waals surface area contributed by atoms with Crippen LogP contribution >= 0.6 is 23.4 Å². The number of aromatic amines is 1. The minimum absolute atomic E-state index is 0.0338. The molecule has 2 N–H and O–H groups in total. The van der Waals surface area contributed by atoms with Gasteiger partial charge in [0, 0.05) is 15.7 Å². The number of aromatic nitrogens is 1. The van der Waals surface area contributed by atoms with Gasteiger partial charge in [-0.3, -0.25) is 4.79 Å². The van der Waals surface area contributed by atoms with Crippen molar-refractivity contribution in [3.05, 3.63) is 51.8 Å². The van der Waals surface area contributed by atoms with Gasteiger partial charge >= 0.3 is 11.9 Å². The van der Waals surface area contributed by atoms with Crippen molar-refractivity contribution in [3.63, 3.8) is 0 Å². The Hall–Kier alpha value is -2.25. The van der Waals surface area contributed by atoms with E-state index in [0.29, 0.717) is 28.3 Å². The first kappa shape index (κ1) is 19.1. The molecule has 0 bridgehead atoms. The first-order valence-corrected chi connectivity index (χ1v) is 8.73. The first-order valence-electron chi connectivity index (χ1n) is 7.37. The lowest BCUT2D eigenvalue weighted by molar-refractivity contribution is -0.135. The Kier molecular flexibility index (Phi) is 6.27. The number of hydrogen-bond donors (Lipinski definition) is 2. The lowest BCUT2D eigenvalue weighted by Crippen LogP contribution is -2.17. The molecular formula is C17H16ClNO5S. The smallest absolute Gasteiger partial charge is 0.381 e. The second-order valence-corrected chi connectivity index (χ2v) is 6.54. The number of carboxylic acids is 1. The summed E-state index contributed by atoms with van der Waals surface area (Å²) in [6, 6.07) is 7.17. The fourth-order valence-electron chi connectivity index (χ4n) is 2.41. The molecule has 0 aliphatic rings. The summed E-state index contributed by atoms with van der Waals surface area (Å²) in [5, 5.41) is 10.0. The minimum Gasteiger partial charge on any atom is -0.477 e. The monoisotopic (exact) mass is 381 g/mol. The molecule has 1 aromatic heterocycles. The number of thioether (sulfide) groups is 1. The minimum atomic E-state index is -1.19. The molecule has 0 spiro atoms. The van der Waals surface area contributed by atoms with E-state index in [0.717, 1.165) is 12.0 Å². The van der Waals surface area contributed by atoms with Crippen molar-refractivity contribution in [1.29, 1.82) is 0 Å². The van der Waals surface area contributed by atoms with E-state index in [4.69, 9.17) is 11.6 Å². The van der Waals surface area contributed by atoms with Crippen molar-refractivity contribution in [2.75, 3.05) is 7.11 Å². The van der Waals surface area contributed by atoms with Gasteiger partial charge in [-0.05, 0) is 35.7 Å². The predicted molar refractivity (Wildman–Crippen MR) is 94.5 cm³/mol. The lowest BCUT2D eigenvalue weighted by atomic mass is 10.1. The third kappa shape index (κ3) is 4.24. The fourth-order valence-corrected chi connectivity index (χ4v) is 3.68. The number of carbonyl (C=O) groups excluding carboxylic acids is 2. The maximum atomic E-state index is 12.1. The molecule has 0 atom stereocenters. The molecule has 25 heavy (non-hydrogen) atoms. The third-order valence-corrected chi connectivity index (χ3v) is 4.82. The van der Waals surface area contributed by atoms with E-state index in [1.54, 1.807) is 25.1 Å². The summed E-state index contributed by atoms with van der Waals surface area (Å²) < 4.78 is 4.44. The van der Waals surface area contributed by atoms with Gasteiger partial charge in [0.05, 0.1) is 12.8 Å². The highest BCUT2D eigenvalue weighted by Gasteiger charge is 2.28. The van der Waals surface area contributed by atoms with Crippen LogP contribution in [0.4, 0.5) is 0 Å². The van der Waals surface area contributed by atoms with Crippen molar-refractivity contribution in [2.45, 2.75) is 24.0 Å². The zero-order chi connectivity index (χ0) is 18.6. The molecule has 0 aliphatic heterocycles. The van der Waals surface area contributed by atoms with Gasteiger partial charge in [0.15, 0.2) is 0 Å². The number of esters is 1. The SMILES string of the molecule is CCc1c(C(=O)C(=O)OC)[nH]c(C(=O)O)c1CSc1cccc(Cl)c1. The number of aromatic carboxylic acids is 1. The largest absolute Gasteiger partial charge is 0.477 e. The van der Waals surface area contributed by atoms with E-state index in [2.05, 4.69) is 9.72 Å². The van der Waals surface area contributed by atoms with Crippen molar-refractivity contribution >= 4 is 41.1 Å². The standard InChI is InChI=1S/C17H16ClNO5S/c1-3-11-12(8-25-10-6-4-5-9(18)7-10)14(16(21)22)19-13(11)15(20)17(23)24-2/h4-7,19H,3,8H2,1-2H3,(H,21,22). The number of hydrogen-bond acceptors (Lipinski definition) is 5. The number of ketones is 1. The summed E-state index contributed by atoms with van der Waals surface area (Å²) in [5.41, 5.74) is 0.849. The zero-order valence-electron chi connectivity index (χ0n) is 13.6. The summed E-state index contributed by atoms with van der Waals surface area (Å²) >= 11 is 7.35. The Labute approximate surface area is 153 Å². The summed E-state index contributed by atoms with van der Waals surface area (Å²) in [4.78, 5) is 38.7. The van der Waals surface area contributed by atoms with Gasteiger partial charge < -0.3 is 14.8 Å². The van der Waals surface area contributed by atoms with Gasteiger partial charge in [-0.2, -0.15) is 0 Å². The van der Waals surface area contributed by atoms with Gasteiger partial charge in [-0.25, -0.2) is 9.59 Å². The number of H-pyrrole nitrogens is 1. The molecule has 0 unspecified atom stereocenters. The van der Waals surface area contributed by atoms with Crippen molar-refractivity contribution < 1.29 is 24.2 Å². The Bertz CT molecular complexity index is 830. The van der Waals surface area contributed by atoms with Crippen LogP contribution in [0.5, 0.6) is 0 Å². The second kappa shape index (κ2) is 8.22. The average Bonchev–Trinajstić information content (AvgIpc) is 2.97. The normalized spacial score (nSPS) is 10.5. The van der Waals surface area contributed by atoms with Crippen LogP contribution in [0.2, 0.25) is 5.02 Å². The number of halogens is 1. The first-order chi connectivity index (χ1) is 11.9. The highest BCUT2D eigenvalue weighted by atomic mass is 35.5. The number of benzene rings is 1. The number of ether oxygens (including phenoxy) is 1. The van der Waals surface area contributed by atoms with E-state index in [9.17, 15) is 19.5 Å². The molecule has 0 amide bonds. The second-order valence-electron chi connectivity index (χ2n) is 5.06. The van der Waals surface area contributed by atoms with Crippen LogP contribution in [0.15, 0.2) is 29.2 Å². The summed E-state index contributed by atoms with van der Waals surface area (Å²) in [7, 11) is 1.10. The lowest BCUT2D eigenvalue weighted by Gasteiger charge is -2.06. The van der Waals surface area contributed by atoms with Gasteiger partial charge in [0.1, 0.15) is 5.69 Å². The molecule has 0 saturated heterocycles. The highest BCUT2D eigenvalue weighted by Crippen LogP contribution is 2.30. The molecule has 132 valence electrons. The number of nitrogens with one attached hydrogen (secondary N) is 1. The number of methoxy groups -OCH3 is 1. The Morgan fingerprint density at radius 1 is 1.24 bits per heavy atom. The molecule has 0 aliphatic carbocycles. The van der Waals surface area contributed by atoms with Crippen LogP contribution in [-0.2, 0) is 21.7 Å². The third-order valence-electron chi connectivity index (χ3n) is 3.56. The van der Waals surface area contributed by atoms with Crippen LogP contribution < -0.4 is 0 Å². The molecule has 8 heteroatoms. The summed E-state index contributed by atoms with van der Waals surface area (Å²) in [6.45, 7) is 1.79. The molecule has 2 rings (SSSR count). The van der Waals surface area contributed by atoms with Crippen molar-refractivity contribution in [2.24, 2.45) is 0 Å². The number of rotatable bonds is 7. The van der Waals surface area contributed by atoms with E-state index in [1.807, 2.05) is 6.07 Å². The van der Waals surface area contributed by atoms with E-state index >= 15 is 0 Å². The summed E-state index contributed by atoms with van der Waals surface area (Å²) in [6.07, 6.45) is 0.396. The highest BCUT2D eigenvalue weighted by molar-refractivity contribution is 7.98. The van der Waals surface area contributed by atoms with Crippen LogP contribution in [0.1, 0.15) is 39.0 Å². The number of carbonyl (C=O) groups is 3. The zero-order valence-corrected chi connectivity index (χ0v) is 15.2. The van der Waals surface area contributed by atoms with Crippen molar-refractivity contribution in [3.8, 4) is 0 Å². The molecule has 1 aromatic carbocycles. The van der Waals surface area contributed by atoms with E-state index in [-0.39, 0.29) is 11.4 Å². The topological polar surface area (TPSA) is 96.5 Å². The molecule has 2 aromatic rings. The molecule has 0 saturated carbocycles. The van der Waals surface area contributed by atoms with Gasteiger partial charge in [-0.1, -0.05) is 24.6 Å². The maximum absolute atomic E-state index is 12.1. The molecule has 6 nitrogen and oxygen atoms in total. The fraction of sp³-hybridized carbons (Fsp3) is 0.235. The molecule has 1 heterocycles. The van der Waals surface area contributed by atoms with Gasteiger partial charge in [-0.15, -0.1) is 11.8 Å². The number of Topliss-reactive ketones (excluding diaryl/α,β-unsaturated/α-hetero) is 1. The van der Waals surface area contributed by atoms with Crippen LogP contribution in [0.3, 0.4) is 0 Å². The average molecular weight is 382 g/mol. The van der Waals surface area contributed by atoms with Crippen LogP contribution in [0, 0.1) is 0 Å². The van der Waals surface area contributed by atoms with Crippen LogP contribution in [-0.4, -0.2) is 34.9 Å². The number of carboxylic acid groups (broad SMARTS) is 1. The Balaban J connectivity index is 2.41. The molecular weight excluding hydrogens is 366 g/mol. The Morgan fingerprint density at radius 2 is 1.96 bits per heavy atom. The molecule has 0 radical (unpaired) electrons. The maximum Gasteiger partial charge on any atom is 0.381 e. The van der Waals surface area contributed by atoms with Crippen LogP contribution in [0.25, 0.3) is 0 Å².